The normalized spacial score (nSPS) is 26.9. The molecule has 19 heavy (non-hydrogen) atoms. The molecule has 1 saturated carbocycles. The minimum atomic E-state index is 0.125. The van der Waals surface area contributed by atoms with E-state index in [1.54, 1.807) is 0 Å². The molecule has 2 aliphatic rings. The molecule has 1 heterocycles. The van der Waals surface area contributed by atoms with Crippen molar-refractivity contribution in [3.05, 3.63) is 29.8 Å². The summed E-state index contributed by atoms with van der Waals surface area (Å²) in [5, 5.41) is 0.718. The Hall–Kier alpha value is -0.510. The maximum Gasteiger partial charge on any atom is 0.0693 e. The molecule has 0 bridgehead atoms. The molecule has 1 saturated heterocycles. The third-order valence-electron chi connectivity index (χ3n) is 4.42. The van der Waals surface area contributed by atoms with E-state index in [0.29, 0.717) is 0 Å². The van der Waals surface area contributed by atoms with Crippen LogP contribution in [0, 0.1) is 0 Å². The van der Waals surface area contributed by atoms with Crippen molar-refractivity contribution in [3.8, 4) is 0 Å². The van der Waals surface area contributed by atoms with Crippen LogP contribution in [0.2, 0.25) is 0 Å². The lowest BCUT2D eigenvalue weighted by atomic mass is 9.75. The van der Waals surface area contributed by atoms with Gasteiger partial charge in [-0.3, -0.25) is 0 Å². The van der Waals surface area contributed by atoms with E-state index < -0.39 is 0 Å². The largest absolute Gasteiger partial charge is 0.375 e. The van der Waals surface area contributed by atoms with E-state index in [9.17, 15) is 0 Å². The van der Waals surface area contributed by atoms with Gasteiger partial charge in [-0.25, -0.2) is 0 Å². The van der Waals surface area contributed by atoms with Gasteiger partial charge in [0.1, 0.15) is 0 Å². The van der Waals surface area contributed by atoms with Crippen molar-refractivity contribution >= 4 is 11.8 Å². The predicted octanol–water partition coefficient (Wildman–Crippen LogP) is 3.90. The van der Waals surface area contributed by atoms with Crippen LogP contribution in [0.3, 0.4) is 0 Å². The summed E-state index contributed by atoms with van der Waals surface area (Å²) in [6.45, 7) is 2.97. The van der Waals surface area contributed by atoms with E-state index in [2.05, 4.69) is 24.3 Å². The van der Waals surface area contributed by atoms with Crippen LogP contribution in [-0.2, 0) is 4.74 Å². The Bertz CT molecular complexity index is 425. The smallest absolute Gasteiger partial charge is 0.0693 e. The SMILES string of the molecule is CC(N)c1ccc(SC2CCOC3(CCC3)C2)cc1. The number of rotatable bonds is 3. The summed E-state index contributed by atoms with van der Waals surface area (Å²) in [6.07, 6.45) is 6.30. The van der Waals surface area contributed by atoms with Gasteiger partial charge in [-0.1, -0.05) is 12.1 Å². The van der Waals surface area contributed by atoms with Gasteiger partial charge >= 0.3 is 0 Å². The Labute approximate surface area is 120 Å². The van der Waals surface area contributed by atoms with Crippen molar-refractivity contribution in [2.75, 3.05) is 6.61 Å². The van der Waals surface area contributed by atoms with Gasteiger partial charge in [-0.05, 0) is 56.7 Å². The summed E-state index contributed by atoms with van der Waals surface area (Å²) >= 11 is 2.02. The Morgan fingerprint density at radius 3 is 2.63 bits per heavy atom. The van der Waals surface area contributed by atoms with Crippen molar-refractivity contribution in [3.63, 3.8) is 0 Å². The van der Waals surface area contributed by atoms with Gasteiger partial charge in [0.2, 0.25) is 0 Å². The van der Waals surface area contributed by atoms with Gasteiger partial charge < -0.3 is 10.5 Å². The van der Waals surface area contributed by atoms with Crippen LogP contribution in [0.1, 0.15) is 50.6 Å². The standard InChI is InChI=1S/C16H23NOS/c1-12(17)13-3-5-14(6-4-13)19-15-7-10-18-16(11-15)8-2-9-16/h3-6,12,15H,2,7-11,17H2,1H3. The van der Waals surface area contributed by atoms with E-state index in [0.717, 1.165) is 11.9 Å². The van der Waals surface area contributed by atoms with Crippen LogP contribution >= 0.6 is 11.8 Å². The fraction of sp³-hybridized carbons (Fsp3) is 0.625. The molecular weight excluding hydrogens is 254 g/mol. The van der Waals surface area contributed by atoms with Gasteiger partial charge in [0.05, 0.1) is 5.60 Å². The molecule has 2 nitrogen and oxygen atoms in total. The average Bonchev–Trinajstić information content (AvgIpc) is 2.38. The van der Waals surface area contributed by atoms with Crippen molar-refractivity contribution in [1.82, 2.24) is 0 Å². The minimum absolute atomic E-state index is 0.125. The fourth-order valence-corrected chi connectivity index (χ4v) is 4.32. The first kappa shape index (κ1) is 13.5. The Morgan fingerprint density at radius 2 is 2.05 bits per heavy atom. The lowest BCUT2D eigenvalue weighted by molar-refractivity contribution is -0.125. The van der Waals surface area contributed by atoms with Crippen molar-refractivity contribution in [1.29, 1.82) is 0 Å². The average molecular weight is 277 g/mol. The van der Waals surface area contributed by atoms with Gasteiger partial charge in [0, 0.05) is 22.8 Å². The second-order valence-electron chi connectivity index (χ2n) is 5.98. The molecule has 2 N–H and O–H groups in total. The molecule has 0 radical (unpaired) electrons. The third-order valence-corrected chi connectivity index (χ3v) is 5.70. The summed E-state index contributed by atoms with van der Waals surface area (Å²) in [5.41, 5.74) is 7.35. The Kier molecular flexibility index (Phi) is 3.88. The molecule has 1 aliphatic carbocycles. The van der Waals surface area contributed by atoms with Crippen LogP contribution in [0.15, 0.2) is 29.2 Å². The molecule has 3 rings (SSSR count). The lowest BCUT2D eigenvalue weighted by Crippen LogP contribution is -2.46. The van der Waals surface area contributed by atoms with Crippen molar-refractivity contribution < 1.29 is 4.74 Å². The number of hydrogen-bond acceptors (Lipinski definition) is 3. The number of nitrogens with two attached hydrogens (primary N) is 1. The van der Waals surface area contributed by atoms with Crippen molar-refractivity contribution in [2.24, 2.45) is 5.73 Å². The number of thioether (sulfide) groups is 1. The first-order chi connectivity index (χ1) is 9.17. The molecule has 0 amide bonds. The highest BCUT2D eigenvalue weighted by Crippen LogP contribution is 2.46. The number of hydrogen-bond donors (Lipinski definition) is 1. The molecule has 1 aromatic carbocycles. The lowest BCUT2D eigenvalue weighted by Gasteiger charge is -2.47. The first-order valence-electron chi connectivity index (χ1n) is 7.33. The predicted molar refractivity (Wildman–Crippen MR) is 80.5 cm³/mol. The molecule has 1 aliphatic heterocycles. The fourth-order valence-electron chi connectivity index (χ4n) is 3.05. The number of benzene rings is 1. The zero-order valence-corrected chi connectivity index (χ0v) is 12.4. The summed E-state index contributed by atoms with van der Waals surface area (Å²) in [5.74, 6) is 0. The number of ether oxygens (including phenoxy) is 1. The van der Waals surface area contributed by atoms with Crippen LogP contribution < -0.4 is 5.73 Å². The molecule has 0 aromatic heterocycles. The molecule has 104 valence electrons. The van der Waals surface area contributed by atoms with Crippen LogP contribution in [0.25, 0.3) is 0 Å². The molecule has 1 aromatic rings. The van der Waals surface area contributed by atoms with Crippen LogP contribution in [0.5, 0.6) is 0 Å². The van der Waals surface area contributed by atoms with Gasteiger partial charge in [-0.15, -0.1) is 11.8 Å². The molecule has 2 atom stereocenters. The summed E-state index contributed by atoms with van der Waals surface area (Å²) in [7, 11) is 0. The zero-order chi connectivity index (χ0) is 13.3. The zero-order valence-electron chi connectivity index (χ0n) is 11.6. The van der Waals surface area contributed by atoms with E-state index in [4.69, 9.17) is 10.5 Å². The van der Waals surface area contributed by atoms with Gasteiger partial charge in [0.25, 0.3) is 0 Å². The Balaban J connectivity index is 1.61. The molecular formula is C16H23NOS. The summed E-state index contributed by atoms with van der Waals surface area (Å²) in [6, 6.07) is 8.87. The van der Waals surface area contributed by atoms with Gasteiger partial charge in [0.15, 0.2) is 0 Å². The second kappa shape index (κ2) is 5.47. The summed E-state index contributed by atoms with van der Waals surface area (Å²) in [4.78, 5) is 1.37. The monoisotopic (exact) mass is 277 g/mol. The van der Waals surface area contributed by atoms with E-state index in [1.807, 2.05) is 18.7 Å². The molecule has 2 fully saturated rings. The second-order valence-corrected chi connectivity index (χ2v) is 7.35. The van der Waals surface area contributed by atoms with Gasteiger partial charge in [-0.2, -0.15) is 0 Å². The van der Waals surface area contributed by atoms with Crippen LogP contribution in [-0.4, -0.2) is 17.5 Å². The quantitative estimate of drug-likeness (QED) is 0.910. The molecule has 3 heteroatoms. The highest BCUT2D eigenvalue weighted by molar-refractivity contribution is 8.00. The molecule has 1 spiro atoms. The topological polar surface area (TPSA) is 35.2 Å². The highest BCUT2D eigenvalue weighted by Gasteiger charge is 2.42. The molecule has 2 unspecified atom stereocenters. The van der Waals surface area contributed by atoms with E-state index in [1.165, 1.54) is 42.6 Å². The minimum Gasteiger partial charge on any atom is -0.375 e. The van der Waals surface area contributed by atoms with Crippen LogP contribution in [0.4, 0.5) is 0 Å². The highest BCUT2D eigenvalue weighted by atomic mass is 32.2. The van der Waals surface area contributed by atoms with E-state index >= 15 is 0 Å². The van der Waals surface area contributed by atoms with E-state index in [-0.39, 0.29) is 11.6 Å². The van der Waals surface area contributed by atoms with Crippen molar-refractivity contribution in [2.45, 2.75) is 60.8 Å². The summed E-state index contributed by atoms with van der Waals surface area (Å²) < 4.78 is 5.99. The maximum atomic E-state index is 5.99. The third kappa shape index (κ3) is 2.99. The maximum absolute atomic E-state index is 5.99. The Morgan fingerprint density at radius 1 is 1.32 bits per heavy atom. The first-order valence-corrected chi connectivity index (χ1v) is 8.21.